The maximum atomic E-state index is 5.59. The predicted octanol–water partition coefficient (Wildman–Crippen LogP) is 2.58. The normalized spacial score (nSPS) is 10.6. The number of nitrogens with two attached hydrogens (primary N) is 1. The van der Waals surface area contributed by atoms with Crippen molar-refractivity contribution in [2.45, 2.75) is 20.8 Å². The van der Waals surface area contributed by atoms with E-state index in [1.165, 1.54) is 22.3 Å². The Morgan fingerprint density at radius 2 is 1.67 bits per heavy atom. The van der Waals surface area contributed by atoms with E-state index >= 15 is 0 Å². The number of hydrogen-bond acceptors (Lipinski definition) is 2. The molecule has 0 radical (unpaired) electrons. The molecule has 78 valence electrons. The number of hydrogen-bond donors (Lipinski definition) is 2. The molecular formula is C12H15N3. The number of rotatable bonds is 1. The highest BCUT2D eigenvalue weighted by atomic mass is 15.2. The van der Waals surface area contributed by atoms with Crippen molar-refractivity contribution in [2.24, 2.45) is 0 Å². The molecule has 3 nitrogen and oxygen atoms in total. The maximum Gasteiger partial charge on any atom is 0.145 e. The fraction of sp³-hybridized carbons (Fsp3) is 0.250. The Bertz CT molecular complexity index is 498. The van der Waals surface area contributed by atoms with Crippen LogP contribution < -0.4 is 5.73 Å². The highest BCUT2D eigenvalue weighted by molar-refractivity contribution is 5.67. The van der Waals surface area contributed by atoms with Crippen molar-refractivity contribution in [3.05, 3.63) is 34.9 Å². The van der Waals surface area contributed by atoms with E-state index in [1.54, 1.807) is 0 Å². The third-order valence-electron chi connectivity index (χ3n) is 2.73. The molecule has 3 heteroatoms. The Balaban J connectivity index is 2.58. The average Bonchev–Trinajstić information content (AvgIpc) is 2.58. The second-order valence-corrected chi connectivity index (χ2v) is 3.96. The van der Waals surface area contributed by atoms with Crippen LogP contribution in [-0.2, 0) is 0 Å². The molecule has 0 bridgehead atoms. The zero-order chi connectivity index (χ0) is 11.0. The van der Waals surface area contributed by atoms with Gasteiger partial charge in [-0.25, -0.2) is 0 Å². The summed E-state index contributed by atoms with van der Waals surface area (Å²) in [6, 6.07) is 6.20. The van der Waals surface area contributed by atoms with Crippen molar-refractivity contribution >= 4 is 5.82 Å². The largest absolute Gasteiger partial charge is 0.382 e. The molecule has 0 aliphatic carbocycles. The molecule has 0 unspecified atom stereocenters. The van der Waals surface area contributed by atoms with Crippen LogP contribution >= 0.6 is 0 Å². The number of aromatic amines is 1. The summed E-state index contributed by atoms with van der Waals surface area (Å²) in [5, 5.41) is 6.87. The second kappa shape index (κ2) is 3.42. The fourth-order valence-electron chi connectivity index (χ4n) is 1.73. The molecule has 2 rings (SSSR count). The van der Waals surface area contributed by atoms with Crippen molar-refractivity contribution in [1.82, 2.24) is 10.2 Å². The number of benzene rings is 1. The van der Waals surface area contributed by atoms with Gasteiger partial charge < -0.3 is 5.73 Å². The molecule has 3 N–H and O–H groups in total. The lowest BCUT2D eigenvalue weighted by Crippen LogP contribution is -1.88. The first-order chi connectivity index (χ1) is 7.08. The fourth-order valence-corrected chi connectivity index (χ4v) is 1.73. The van der Waals surface area contributed by atoms with Crippen molar-refractivity contribution in [3.8, 4) is 11.3 Å². The summed E-state index contributed by atoms with van der Waals surface area (Å²) in [5.41, 5.74) is 11.6. The summed E-state index contributed by atoms with van der Waals surface area (Å²) < 4.78 is 0. The van der Waals surface area contributed by atoms with Gasteiger partial charge in [-0.2, -0.15) is 5.10 Å². The van der Waals surface area contributed by atoms with E-state index in [2.05, 4.69) is 43.1 Å². The summed E-state index contributed by atoms with van der Waals surface area (Å²) in [6.45, 7) is 6.32. The van der Waals surface area contributed by atoms with Crippen LogP contribution in [0, 0.1) is 20.8 Å². The molecule has 0 amide bonds. The number of nitrogens with zero attached hydrogens (tertiary/aromatic N) is 1. The Kier molecular flexibility index (Phi) is 2.23. The Hall–Kier alpha value is -1.77. The predicted molar refractivity (Wildman–Crippen MR) is 62.6 cm³/mol. The molecule has 0 aliphatic rings. The number of nitrogens with one attached hydrogen (secondary N) is 1. The van der Waals surface area contributed by atoms with Gasteiger partial charge in [-0.05, 0) is 43.5 Å². The number of nitrogen functional groups attached to an aromatic ring is 1. The van der Waals surface area contributed by atoms with E-state index in [0.717, 1.165) is 5.69 Å². The Labute approximate surface area is 89.3 Å². The van der Waals surface area contributed by atoms with E-state index in [0.29, 0.717) is 5.82 Å². The third-order valence-corrected chi connectivity index (χ3v) is 2.73. The monoisotopic (exact) mass is 201 g/mol. The SMILES string of the molecule is Cc1cc(C)c(-c2cc(N)n[nH]2)cc1C. The third kappa shape index (κ3) is 1.73. The van der Waals surface area contributed by atoms with Crippen LogP contribution in [0.15, 0.2) is 18.2 Å². The summed E-state index contributed by atoms with van der Waals surface area (Å²) >= 11 is 0. The molecule has 1 aromatic heterocycles. The second-order valence-electron chi connectivity index (χ2n) is 3.96. The summed E-state index contributed by atoms with van der Waals surface area (Å²) in [5.74, 6) is 0.530. The molecule has 0 saturated heterocycles. The van der Waals surface area contributed by atoms with E-state index in [9.17, 15) is 0 Å². The lowest BCUT2D eigenvalue weighted by molar-refractivity contribution is 1.10. The van der Waals surface area contributed by atoms with Gasteiger partial charge in [0.15, 0.2) is 0 Å². The van der Waals surface area contributed by atoms with Crippen molar-refractivity contribution in [2.75, 3.05) is 5.73 Å². The summed E-state index contributed by atoms with van der Waals surface area (Å²) in [6.07, 6.45) is 0. The number of anilines is 1. The smallest absolute Gasteiger partial charge is 0.145 e. The van der Waals surface area contributed by atoms with Crippen LogP contribution in [0.1, 0.15) is 16.7 Å². The molecule has 15 heavy (non-hydrogen) atoms. The van der Waals surface area contributed by atoms with Gasteiger partial charge >= 0.3 is 0 Å². The molecule has 1 aromatic carbocycles. The van der Waals surface area contributed by atoms with Gasteiger partial charge in [-0.3, -0.25) is 5.10 Å². The van der Waals surface area contributed by atoms with Crippen LogP contribution in [0.4, 0.5) is 5.82 Å². The van der Waals surface area contributed by atoms with Gasteiger partial charge in [0.05, 0.1) is 5.69 Å². The molecule has 0 aliphatic heterocycles. The number of aryl methyl sites for hydroxylation is 3. The molecule has 0 atom stereocenters. The standard InChI is InChI=1S/C12H15N3/c1-7-4-9(3)10(5-8(7)2)11-6-12(13)15-14-11/h4-6H,1-3H3,(H3,13,14,15). The molecule has 0 fully saturated rings. The topological polar surface area (TPSA) is 54.7 Å². The molecule has 0 spiro atoms. The minimum absolute atomic E-state index is 0.530. The van der Waals surface area contributed by atoms with Crippen LogP contribution in [0.3, 0.4) is 0 Å². The van der Waals surface area contributed by atoms with E-state index in [-0.39, 0.29) is 0 Å². The zero-order valence-electron chi connectivity index (χ0n) is 9.26. The lowest BCUT2D eigenvalue weighted by Gasteiger charge is -2.07. The van der Waals surface area contributed by atoms with Gasteiger partial charge in [0.1, 0.15) is 5.82 Å². The van der Waals surface area contributed by atoms with Crippen molar-refractivity contribution in [1.29, 1.82) is 0 Å². The lowest BCUT2D eigenvalue weighted by atomic mass is 9.99. The van der Waals surface area contributed by atoms with Crippen molar-refractivity contribution in [3.63, 3.8) is 0 Å². The quantitative estimate of drug-likeness (QED) is 0.745. The van der Waals surface area contributed by atoms with Gasteiger partial charge in [-0.1, -0.05) is 6.07 Å². The summed E-state index contributed by atoms with van der Waals surface area (Å²) in [7, 11) is 0. The molecule has 2 aromatic rings. The minimum atomic E-state index is 0.530. The molecule has 1 heterocycles. The van der Waals surface area contributed by atoms with E-state index < -0.39 is 0 Å². The van der Waals surface area contributed by atoms with Crippen LogP contribution in [0.2, 0.25) is 0 Å². The van der Waals surface area contributed by atoms with Gasteiger partial charge in [0.2, 0.25) is 0 Å². The van der Waals surface area contributed by atoms with Crippen LogP contribution in [0.25, 0.3) is 11.3 Å². The van der Waals surface area contributed by atoms with E-state index in [4.69, 9.17) is 5.73 Å². The first kappa shape index (κ1) is 9.77. The maximum absolute atomic E-state index is 5.59. The Morgan fingerprint density at radius 3 is 2.27 bits per heavy atom. The highest BCUT2D eigenvalue weighted by Crippen LogP contribution is 2.25. The molecule has 0 saturated carbocycles. The molecular weight excluding hydrogens is 186 g/mol. The minimum Gasteiger partial charge on any atom is -0.382 e. The van der Waals surface area contributed by atoms with Crippen molar-refractivity contribution < 1.29 is 0 Å². The number of H-pyrrole nitrogens is 1. The number of aromatic nitrogens is 2. The van der Waals surface area contributed by atoms with Crippen LogP contribution in [-0.4, -0.2) is 10.2 Å². The van der Waals surface area contributed by atoms with Gasteiger partial charge in [-0.15, -0.1) is 0 Å². The average molecular weight is 201 g/mol. The van der Waals surface area contributed by atoms with Gasteiger partial charge in [0, 0.05) is 11.6 Å². The highest BCUT2D eigenvalue weighted by Gasteiger charge is 2.06. The van der Waals surface area contributed by atoms with Gasteiger partial charge in [0.25, 0.3) is 0 Å². The zero-order valence-corrected chi connectivity index (χ0v) is 9.26. The van der Waals surface area contributed by atoms with Crippen LogP contribution in [0.5, 0.6) is 0 Å². The Morgan fingerprint density at radius 1 is 1.00 bits per heavy atom. The first-order valence-corrected chi connectivity index (χ1v) is 4.97. The summed E-state index contributed by atoms with van der Waals surface area (Å²) in [4.78, 5) is 0. The first-order valence-electron chi connectivity index (χ1n) is 4.97. The van der Waals surface area contributed by atoms with E-state index in [1.807, 2.05) is 6.07 Å².